The lowest BCUT2D eigenvalue weighted by atomic mass is 10.1. The topological polar surface area (TPSA) is 82.2 Å². The van der Waals surface area contributed by atoms with Crippen molar-refractivity contribution in [2.24, 2.45) is 4.99 Å². The number of guanidine groups is 1. The van der Waals surface area contributed by atoms with Gasteiger partial charge in [-0.1, -0.05) is 0 Å². The molecule has 2 aromatic carbocycles. The maximum Gasteiger partial charge on any atom is 0.257 e. The van der Waals surface area contributed by atoms with Crippen molar-refractivity contribution in [2.75, 3.05) is 5.32 Å². The molecule has 0 unspecified atom stereocenters. The molecule has 0 bridgehead atoms. The van der Waals surface area contributed by atoms with E-state index in [1.54, 1.807) is 0 Å². The zero-order valence-corrected chi connectivity index (χ0v) is 15.6. The molecule has 0 aliphatic rings. The van der Waals surface area contributed by atoms with Crippen LogP contribution in [0.2, 0.25) is 0 Å². The fourth-order valence-corrected chi connectivity index (χ4v) is 2.50. The summed E-state index contributed by atoms with van der Waals surface area (Å²) in [6.07, 6.45) is 0. The third-order valence-corrected chi connectivity index (χ3v) is 3.72. The Morgan fingerprint density at radius 2 is 1.66 bits per heavy atom. The van der Waals surface area contributed by atoms with Crippen LogP contribution in [-0.4, -0.2) is 28.1 Å². The Labute approximate surface area is 164 Å². The van der Waals surface area contributed by atoms with Crippen molar-refractivity contribution < 1.29 is 18.0 Å². The highest BCUT2D eigenvalue weighted by Gasteiger charge is 2.13. The maximum atomic E-state index is 13.4. The third-order valence-electron chi connectivity index (χ3n) is 3.72. The molecule has 3 rings (SSSR count). The predicted octanol–water partition coefficient (Wildman–Crippen LogP) is 4.10. The molecule has 3 N–H and O–H groups in total. The Morgan fingerprint density at radius 1 is 1.00 bits per heavy atom. The van der Waals surface area contributed by atoms with Gasteiger partial charge in [0.25, 0.3) is 5.91 Å². The number of nitrogens with zero attached hydrogens (tertiary/aromatic N) is 2. The van der Waals surface area contributed by atoms with Crippen molar-refractivity contribution in [2.45, 2.75) is 19.9 Å². The molecule has 29 heavy (non-hydrogen) atoms. The summed E-state index contributed by atoms with van der Waals surface area (Å²) in [5.41, 5.74) is 0.906. The molecular formula is C20H18F3N5O. The number of nitrogens with one attached hydrogen (secondary N) is 3. The van der Waals surface area contributed by atoms with Gasteiger partial charge in [-0.15, -0.1) is 0 Å². The second-order valence-electron chi connectivity index (χ2n) is 6.48. The number of aromatic amines is 1. The van der Waals surface area contributed by atoms with Gasteiger partial charge in [-0.3, -0.25) is 15.2 Å². The van der Waals surface area contributed by atoms with E-state index in [2.05, 4.69) is 25.8 Å². The molecule has 0 radical (unpaired) electrons. The molecule has 1 amide bonds. The molecule has 1 aromatic heterocycles. The summed E-state index contributed by atoms with van der Waals surface area (Å²) in [6.45, 7) is 3.63. The fourth-order valence-electron chi connectivity index (χ4n) is 2.50. The van der Waals surface area contributed by atoms with Gasteiger partial charge in [-0.2, -0.15) is 5.10 Å². The van der Waals surface area contributed by atoms with Crippen molar-refractivity contribution in [1.82, 2.24) is 15.5 Å². The van der Waals surface area contributed by atoms with Gasteiger partial charge >= 0.3 is 0 Å². The average molecular weight is 401 g/mol. The predicted molar refractivity (Wildman–Crippen MR) is 104 cm³/mol. The lowest BCUT2D eigenvalue weighted by Gasteiger charge is -2.11. The van der Waals surface area contributed by atoms with Gasteiger partial charge in [0.1, 0.15) is 17.5 Å². The summed E-state index contributed by atoms with van der Waals surface area (Å²) in [7, 11) is 0. The monoisotopic (exact) mass is 401 g/mol. The van der Waals surface area contributed by atoms with Crippen LogP contribution in [0.3, 0.4) is 0 Å². The molecule has 0 aliphatic heterocycles. The van der Waals surface area contributed by atoms with E-state index in [9.17, 15) is 18.0 Å². The van der Waals surface area contributed by atoms with Crippen LogP contribution in [0.5, 0.6) is 0 Å². The summed E-state index contributed by atoms with van der Waals surface area (Å²) in [6, 6.07) is 9.54. The van der Waals surface area contributed by atoms with Gasteiger partial charge in [0.15, 0.2) is 5.82 Å². The molecule has 0 fully saturated rings. The highest BCUT2D eigenvalue weighted by Crippen LogP contribution is 2.22. The molecule has 150 valence electrons. The van der Waals surface area contributed by atoms with Gasteiger partial charge in [-0.05, 0) is 50.2 Å². The maximum absolute atomic E-state index is 13.4. The molecule has 0 spiro atoms. The molecule has 6 nitrogen and oxygen atoms in total. The van der Waals surface area contributed by atoms with Crippen LogP contribution in [0.15, 0.2) is 53.5 Å². The minimum absolute atomic E-state index is 0.123. The quantitative estimate of drug-likeness (QED) is 0.455. The number of hydrogen-bond acceptors (Lipinski definition) is 3. The number of aromatic nitrogens is 2. The first kappa shape index (κ1) is 20.1. The Bertz CT molecular complexity index is 1020. The second kappa shape index (κ2) is 8.59. The second-order valence-corrected chi connectivity index (χ2v) is 6.48. The van der Waals surface area contributed by atoms with Gasteiger partial charge in [-0.25, -0.2) is 18.2 Å². The van der Waals surface area contributed by atoms with Gasteiger partial charge in [0, 0.05) is 29.3 Å². The Balaban J connectivity index is 1.78. The van der Waals surface area contributed by atoms with E-state index in [0.717, 1.165) is 6.07 Å². The number of aliphatic imine (C=N–C) groups is 1. The number of H-pyrrole nitrogens is 1. The standard InChI is InChI=1S/C20H18F3N5O/c1-11(2)24-20(26-19(29)12-3-5-14(21)6-4-12)25-18-10-17(27-28-18)13-7-15(22)9-16(23)8-13/h3-11H,1-2H3,(H3,24,25,26,27,28,29). The van der Waals surface area contributed by atoms with Crippen molar-refractivity contribution in [3.8, 4) is 11.3 Å². The summed E-state index contributed by atoms with van der Waals surface area (Å²) >= 11 is 0. The number of carbonyl (C=O) groups is 1. The number of rotatable bonds is 4. The molecule has 0 saturated heterocycles. The summed E-state index contributed by atoms with van der Waals surface area (Å²) in [5, 5.41) is 12.2. The number of halogens is 3. The summed E-state index contributed by atoms with van der Waals surface area (Å²) in [5.74, 6) is -1.95. The first-order chi connectivity index (χ1) is 13.8. The highest BCUT2D eigenvalue weighted by molar-refractivity contribution is 6.09. The van der Waals surface area contributed by atoms with Crippen molar-refractivity contribution in [1.29, 1.82) is 0 Å². The van der Waals surface area contributed by atoms with Crippen LogP contribution in [0.4, 0.5) is 19.0 Å². The van der Waals surface area contributed by atoms with E-state index in [4.69, 9.17) is 0 Å². The molecule has 1 heterocycles. The SMILES string of the molecule is CC(C)N=C(NC(=O)c1ccc(F)cc1)Nc1cc(-c2cc(F)cc(F)c2)[nH]n1. The Morgan fingerprint density at radius 3 is 2.28 bits per heavy atom. The molecular weight excluding hydrogens is 383 g/mol. The Hall–Kier alpha value is -3.62. The van der Waals surface area contributed by atoms with Crippen LogP contribution in [-0.2, 0) is 0 Å². The van der Waals surface area contributed by atoms with Crippen LogP contribution in [0.25, 0.3) is 11.3 Å². The first-order valence-corrected chi connectivity index (χ1v) is 8.74. The van der Waals surface area contributed by atoms with E-state index in [-0.39, 0.29) is 28.9 Å². The van der Waals surface area contributed by atoms with Gasteiger partial charge in [0.05, 0.1) is 5.69 Å². The van der Waals surface area contributed by atoms with Gasteiger partial charge in [0.2, 0.25) is 5.96 Å². The average Bonchev–Trinajstić information content (AvgIpc) is 3.09. The number of hydrogen-bond donors (Lipinski definition) is 3. The van der Waals surface area contributed by atoms with E-state index in [1.807, 2.05) is 13.8 Å². The fraction of sp³-hybridized carbons (Fsp3) is 0.150. The third kappa shape index (κ3) is 5.44. The molecule has 0 atom stereocenters. The number of benzene rings is 2. The lowest BCUT2D eigenvalue weighted by molar-refractivity contribution is 0.0977. The summed E-state index contributed by atoms with van der Waals surface area (Å²) in [4.78, 5) is 16.7. The number of anilines is 1. The molecule has 0 saturated carbocycles. The van der Waals surface area contributed by atoms with Crippen LogP contribution in [0, 0.1) is 17.5 Å². The van der Waals surface area contributed by atoms with E-state index in [0.29, 0.717) is 5.69 Å². The molecule has 0 aliphatic carbocycles. The van der Waals surface area contributed by atoms with Crippen LogP contribution < -0.4 is 10.6 Å². The van der Waals surface area contributed by atoms with Crippen molar-refractivity contribution in [3.05, 3.63) is 71.5 Å². The molecule has 3 aromatic rings. The Kier molecular flexibility index (Phi) is 5.96. The van der Waals surface area contributed by atoms with Gasteiger partial charge < -0.3 is 5.32 Å². The smallest absolute Gasteiger partial charge is 0.257 e. The van der Waals surface area contributed by atoms with Crippen molar-refractivity contribution in [3.63, 3.8) is 0 Å². The minimum atomic E-state index is -0.710. The van der Waals surface area contributed by atoms with Crippen molar-refractivity contribution >= 4 is 17.7 Å². The number of amides is 1. The molecule has 9 heteroatoms. The largest absolute Gasteiger partial charge is 0.309 e. The van der Waals surface area contributed by atoms with E-state index < -0.39 is 23.4 Å². The van der Waals surface area contributed by atoms with E-state index in [1.165, 1.54) is 42.5 Å². The van der Waals surface area contributed by atoms with Crippen LogP contribution in [0.1, 0.15) is 24.2 Å². The normalized spacial score (nSPS) is 11.6. The zero-order valence-electron chi connectivity index (χ0n) is 15.6. The minimum Gasteiger partial charge on any atom is -0.309 e. The first-order valence-electron chi connectivity index (χ1n) is 8.74. The summed E-state index contributed by atoms with van der Waals surface area (Å²) < 4.78 is 39.9. The zero-order chi connectivity index (χ0) is 21.0. The van der Waals surface area contributed by atoms with E-state index >= 15 is 0 Å². The lowest BCUT2D eigenvalue weighted by Crippen LogP contribution is -2.36. The number of carbonyl (C=O) groups excluding carboxylic acids is 1. The van der Waals surface area contributed by atoms with Crippen LogP contribution >= 0.6 is 0 Å². The highest BCUT2D eigenvalue weighted by atomic mass is 19.1.